The topological polar surface area (TPSA) is 111 Å². The van der Waals surface area contributed by atoms with Gasteiger partial charge in [0.25, 0.3) is 11.8 Å². The van der Waals surface area contributed by atoms with Gasteiger partial charge in [-0.25, -0.2) is 4.98 Å². The number of hydrogen-bond acceptors (Lipinski definition) is 5. The molecule has 0 aliphatic carbocycles. The van der Waals surface area contributed by atoms with Crippen LogP contribution in [-0.2, 0) is 9.59 Å². The number of nitrogens with zero attached hydrogens (tertiary/aromatic N) is 2. The molecule has 4 N–H and O–H groups in total. The van der Waals surface area contributed by atoms with Crippen LogP contribution in [0.25, 0.3) is 11.0 Å². The van der Waals surface area contributed by atoms with E-state index in [9.17, 15) is 9.59 Å². The Morgan fingerprint density at radius 3 is 2.62 bits per heavy atom. The number of ether oxygens (including phenoxy) is 1. The summed E-state index contributed by atoms with van der Waals surface area (Å²) in [6.45, 7) is 1.68. The number of primary amides is 1. The van der Waals surface area contributed by atoms with E-state index in [-0.39, 0.29) is 18.6 Å². The van der Waals surface area contributed by atoms with E-state index >= 15 is 0 Å². The molecule has 1 atom stereocenters. The number of nitrogens with one attached hydrogen (secondary N) is 2. The number of para-hydroxylation sites is 2. The maximum Gasteiger partial charge on any atom is 0.255 e. The average Bonchev–Trinajstić information content (AvgIpc) is 3.09. The molecule has 0 saturated carbocycles. The van der Waals surface area contributed by atoms with Gasteiger partial charge in [-0.3, -0.25) is 14.2 Å². The Balaban J connectivity index is 1.84. The summed E-state index contributed by atoms with van der Waals surface area (Å²) in [5.41, 5.74) is 9.13. The number of fused-ring (bicyclic) bond motifs is 3. The fraction of sp³-hybridized carbons (Fsp3) is 0.190. The van der Waals surface area contributed by atoms with E-state index in [1.54, 1.807) is 19.2 Å². The Hall–Kier alpha value is -3.81. The summed E-state index contributed by atoms with van der Waals surface area (Å²) in [5, 5.41) is 5.99. The smallest absolute Gasteiger partial charge is 0.255 e. The molecule has 0 saturated heterocycles. The number of carbonyl (C=O) groups is 2. The SMILES string of the molecule is CNC(=O)C1=C(C)Nc2nc3ccccc3n2[C@@H]1c1ccc(OCC(N)=O)cc1. The van der Waals surface area contributed by atoms with E-state index in [1.165, 1.54) is 0 Å². The average molecular weight is 391 g/mol. The summed E-state index contributed by atoms with van der Waals surface area (Å²) in [6, 6.07) is 14.7. The van der Waals surface area contributed by atoms with E-state index in [0.717, 1.165) is 22.3 Å². The zero-order valence-electron chi connectivity index (χ0n) is 16.1. The van der Waals surface area contributed by atoms with Crippen molar-refractivity contribution >= 4 is 28.8 Å². The second-order valence-electron chi connectivity index (χ2n) is 6.76. The number of aromatic nitrogens is 2. The Kier molecular flexibility index (Phi) is 4.67. The van der Waals surface area contributed by atoms with Crippen LogP contribution in [0, 0.1) is 0 Å². The van der Waals surface area contributed by atoms with Crippen molar-refractivity contribution in [2.45, 2.75) is 13.0 Å². The van der Waals surface area contributed by atoms with Crippen LogP contribution in [0.15, 0.2) is 59.8 Å². The molecule has 0 bridgehead atoms. The predicted molar refractivity (Wildman–Crippen MR) is 109 cm³/mol. The number of nitrogens with two attached hydrogens (primary N) is 1. The van der Waals surface area contributed by atoms with Gasteiger partial charge in [0.2, 0.25) is 5.95 Å². The van der Waals surface area contributed by atoms with Crippen molar-refractivity contribution in [2.75, 3.05) is 19.0 Å². The highest BCUT2D eigenvalue weighted by molar-refractivity contribution is 5.97. The quantitative estimate of drug-likeness (QED) is 0.615. The molecule has 0 fully saturated rings. The molecule has 0 unspecified atom stereocenters. The normalized spacial score (nSPS) is 15.6. The summed E-state index contributed by atoms with van der Waals surface area (Å²) in [6.07, 6.45) is 0. The van der Waals surface area contributed by atoms with Crippen molar-refractivity contribution in [2.24, 2.45) is 5.73 Å². The van der Waals surface area contributed by atoms with Crippen molar-refractivity contribution in [3.63, 3.8) is 0 Å². The first-order valence-corrected chi connectivity index (χ1v) is 9.17. The van der Waals surface area contributed by atoms with Gasteiger partial charge in [-0.2, -0.15) is 0 Å². The van der Waals surface area contributed by atoms with Crippen LogP contribution in [-0.4, -0.2) is 35.0 Å². The number of benzene rings is 2. The number of carbonyl (C=O) groups excluding carboxylic acids is 2. The minimum atomic E-state index is -0.539. The molecule has 2 aromatic carbocycles. The van der Waals surface area contributed by atoms with Crippen LogP contribution in [0.4, 0.5) is 5.95 Å². The maximum atomic E-state index is 12.8. The third-order valence-electron chi connectivity index (χ3n) is 4.88. The molecule has 8 heteroatoms. The van der Waals surface area contributed by atoms with Gasteiger partial charge in [0.15, 0.2) is 6.61 Å². The first-order chi connectivity index (χ1) is 14.0. The highest BCUT2D eigenvalue weighted by Gasteiger charge is 2.33. The van der Waals surface area contributed by atoms with E-state index in [1.807, 2.05) is 47.9 Å². The Morgan fingerprint density at radius 1 is 1.21 bits per heavy atom. The van der Waals surface area contributed by atoms with Crippen molar-refractivity contribution in [3.8, 4) is 5.75 Å². The molecule has 1 aromatic heterocycles. The number of allylic oxidation sites excluding steroid dienone is 1. The zero-order chi connectivity index (χ0) is 20.5. The molecule has 0 radical (unpaired) electrons. The van der Waals surface area contributed by atoms with Gasteiger partial charge in [-0.1, -0.05) is 24.3 Å². The van der Waals surface area contributed by atoms with E-state index < -0.39 is 5.91 Å². The fourth-order valence-corrected chi connectivity index (χ4v) is 3.61. The zero-order valence-corrected chi connectivity index (χ0v) is 16.1. The Labute approximate surface area is 167 Å². The lowest BCUT2D eigenvalue weighted by Crippen LogP contribution is -2.33. The number of likely N-dealkylation sites (N-methyl/N-ethyl adjacent to an activating group) is 1. The van der Waals surface area contributed by atoms with E-state index in [4.69, 9.17) is 10.5 Å². The third-order valence-corrected chi connectivity index (χ3v) is 4.88. The van der Waals surface area contributed by atoms with Gasteiger partial charge in [0.05, 0.1) is 22.6 Å². The van der Waals surface area contributed by atoms with Crippen LogP contribution >= 0.6 is 0 Å². The van der Waals surface area contributed by atoms with Crippen molar-refractivity contribution in [1.29, 1.82) is 0 Å². The summed E-state index contributed by atoms with van der Waals surface area (Å²) < 4.78 is 7.37. The highest BCUT2D eigenvalue weighted by atomic mass is 16.5. The molecular weight excluding hydrogens is 370 g/mol. The molecule has 1 aliphatic heterocycles. The standard InChI is InChI=1S/C21H21N5O3/c1-12-18(20(28)23-2)19(13-7-9-14(10-8-13)29-11-17(22)27)26-16-6-4-3-5-15(16)25-21(26)24-12/h3-10,19H,11H2,1-2H3,(H2,22,27)(H,23,28)(H,24,25)/t19-/m1/s1. The molecule has 29 heavy (non-hydrogen) atoms. The van der Waals surface area contributed by atoms with Crippen LogP contribution in [0.3, 0.4) is 0 Å². The van der Waals surface area contributed by atoms with Gasteiger partial charge in [0, 0.05) is 12.7 Å². The summed E-state index contributed by atoms with van der Waals surface area (Å²) >= 11 is 0. The Morgan fingerprint density at radius 2 is 1.93 bits per heavy atom. The molecule has 2 amide bonds. The summed E-state index contributed by atoms with van der Waals surface area (Å²) in [5.74, 6) is 0.495. The molecular formula is C21H21N5O3. The molecule has 3 aromatic rings. The number of anilines is 1. The fourth-order valence-electron chi connectivity index (χ4n) is 3.61. The van der Waals surface area contributed by atoms with Crippen LogP contribution in [0.1, 0.15) is 18.5 Å². The lowest BCUT2D eigenvalue weighted by atomic mass is 9.94. The Bertz CT molecular complexity index is 1130. The van der Waals surface area contributed by atoms with Crippen LogP contribution in [0.5, 0.6) is 5.75 Å². The monoisotopic (exact) mass is 391 g/mol. The van der Waals surface area contributed by atoms with E-state index in [0.29, 0.717) is 17.3 Å². The second kappa shape index (κ2) is 7.31. The summed E-state index contributed by atoms with van der Waals surface area (Å²) in [4.78, 5) is 28.4. The molecule has 1 aliphatic rings. The number of imidazole rings is 1. The molecule has 148 valence electrons. The number of hydrogen-bond donors (Lipinski definition) is 3. The minimum absolute atomic E-state index is 0.169. The van der Waals surface area contributed by atoms with Crippen LogP contribution in [0.2, 0.25) is 0 Å². The maximum absolute atomic E-state index is 12.8. The largest absolute Gasteiger partial charge is 0.484 e. The molecule has 0 spiro atoms. The highest BCUT2D eigenvalue weighted by Crippen LogP contribution is 2.39. The van der Waals surface area contributed by atoms with Gasteiger partial charge < -0.3 is 21.1 Å². The number of amides is 2. The first kappa shape index (κ1) is 18.5. The van der Waals surface area contributed by atoms with Gasteiger partial charge in [-0.05, 0) is 36.8 Å². The lowest BCUT2D eigenvalue weighted by molar-refractivity contribution is -0.120. The van der Waals surface area contributed by atoms with Gasteiger partial charge in [-0.15, -0.1) is 0 Å². The van der Waals surface area contributed by atoms with Crippen molar-refractivity contribution in [3.05, 3.63) is 65.4 Å². The third kappa shape index (κ3) is 3.29. The summed E-state index contributed by atoms with van der Waals surface area (Å²) in [7, 11) is 1.61. The van der Waals surface area contributed by atoms with E-state index in [2.05, 4.69) is 15.6 Å². The minimum Gasteiger partial charge on any atom is -0.484 e. The van der Waals surface area contributed by atoms with Gasteiger partial charge in [0.1, 0.15) is 5.75 Å². The van der Waals surface area contributed by atoms with Crippen molar-refractivity contribution in [1.82, 2.24) is 14.9 Å². The van der Waals surface area contributed by atoms with Crippen LogP contribution < -0.4 is 21.1 Å². The first-order valence-electron chi connectivity index (χ1n) is 9.17. The van der Waals surface area contributed by atoms with Gasteiger partial charge >= 0.3 is 0 Å². The molecule has 2 heterocycles. The molecule has 4 rings (SSSR count). The lowest BCUT2D eigenvalue weighted by Gasteiger charge is -2.30. The second-order valence-corrected chi connectivity index (χ2v) is 6.76. The molecule has 8 nitrogen and oxygen atoms in total. The van der Waals surface area contributed by atoms with Crippen molar-refractivity contribution < 1.29 is 14.3 Å². The number of rotatable bonds is 5. The predicted octanol–water partition coefficient (Wildman–Crippen LogP) is 1.94.